The minimum Gasteiger partial charge on any atom is -0.354 e. The zero-order valence-electron chi connectivity index (χ0n) is 18.5. The van der Waals surface area contributed by atoms with E-state index in [4.69, 9.17) is 0 Å². The maximum Gasteiger partial charge on any atom is 0.251 e. The number of aryl methyl sites for hydroxylation is 2. The molecule has 0 amide bonds. The summed E-state index contributed by atoms with van der Waals surface area (Å²) < 4.78 is 1.86. The molecule has 0 saturated carbocycles. The molecule has 8 nitrogen and oxygen atoms in total. The highest BCUT2D eigenvalue weighted by molar-refractivity contribution is 5.74. The number of nitrogens with one attached hydrogen (secondary N) is 1. The van der Waals surface area contributed by atoms with Gasteiger partial charge < -0.3 is 9.88 Å². The minimum absolute atomic E-state index is 0.0190. The van der Waals surface area contributed by atoms with Gasteiger partial charge in [0.15, 0.2) is 0 Å². The molecule has 0 atom stereocenters. The summed E-state index contributed by atoms with van der Waals surface area (Å²) in [5, 5.41) is 4.23. The Balaban J connectivity index is 1.22. The Hall–Kier alpha value is -3.52. The summed E-state index contributed by atoms with van der Waals surface area (Å²) in [4.78, 5) is 29.1. The van der Waals surface area contributed by atoms with Gasteiger partial charge in [-0.15, -0.1) is 0 Å². The molecule has 5 rings (SSSR count). The first kappa shape index (κ1) is 20.4. The molecule has 164 valence electrons. The van der Waals surface area contributed by atoms with Crippen molar-refractivity contribution in [3.63, 3.8) is 0 Å². The first-order chi connectivity index (χ1) is 15.6. The van der Waals surface area contributed by atoms with Crippen LogP contribution in [0.1, 0.15) is 18.1 Å². The average molecular weight is 430 g/mol. The SMILES string of the molecule is CCc1cc2ncc(CN3CCN(c4ccc(-c5ccnn5C)cn4)CC3)cc2[nH]c1=O. The molecule has 1 aliphatic rings. The van der Waals surface area contributed by atoms with E-state index in [2.05, 4.69) is 42.0 Å². The second-order valence-electron chi connectivity index (χ2n) is 8.26. The van der Waals surface area contributed by atoms with E-state index < -0.39 is 0 Å². The van der Waals surface area contributed by atoms with Gasteiger partial charge in [0.25, 0.3) is 5.56 Å². The van der Waals surface area contributed by atoms with Gasteiger partial charge in [-0.1, -0.05) is 6.92 Å². The molecule has 1 fully saturated rings. The van der Waals surface area contributed by atoms with E-state index in [9.17, 15) is 4.79 Å². The van der Waals surface area contributed by atoms with Gasteiger partial charge in [0.1, 0.15) is 5.82 Å². The van der Waals surface area contributed by atoms with Crippen molar-refractivity contribution in [2.75, 3.05) is 31.1 Å². The Morgan fingerprint density at radius 1 is 1.03 bits per heavy atom. The number of rotatable bonds is 5. The first-order valence-corrected chi connectivity index (χ1v) is 11.0. The van der Waals surface area contributed by atoms with E-state index in [1.165, 1.54) is 0 Å². The molecule has 0 aliphatic carbocycles. The topological polar surface area (TPSA) is 82.9 Å². The number of hydrogen-bond acceptors (Lipinski definition) is 6. The van der Waals surface area contributed by atoms with Crippen molar-refractivity contribution in [2.24, 2.45) is 7.05 Å². The second kappa shape index (κ2) is 8.55. The predicted octanol–water partition coefficient (Wildman–Crippen LogP) is 2.60. The van der Waals surface area contributed by atoms with Gasteiger partial charge >= 0.3 is 0 Å². The summed E-state index contributed by atoms with van der Waals surface area (Å²) in [6.07, 6.45) is 6.35. The molecule has 0 bridgehead atoms. The monoisotopic (exact) mass is 429 g/mol. The molecule has 1 N–H and O–H groups in total. The summed E-state index contributed by atoms with van der Waals surface area (Å²) in [6, 6.07) is 10.1. The van der Waals surface area contributed by atoms with Gasteiger partial charge in [0, 0.05) is 69.5 Å². The number of aromatic nitrogens is 5. The normalized spacial score (nSPS) is 14.9. The smallest absolute Gasteiger partial charge is 0.251 e. The molecule has 5 heterocycles. The van der Waals surface area contributed by atoms with Crippen molar-refractivity contribution in [3.05, 3.63) is 70.4 Å². The average Bonchev–Trinajstić information content (AvgIpc) is 3.25. The maximum absolute atomic E-state index is 12.1. The number of piperazine rings is 1. The van der Waals surface area contributed by atoms with Crippen LogP contribution in [0, 0.1) is 0 Å². The Kier molecular flexibility index (Phi) is 5.45. The number of fused-ring (bicyclic) bond motifs is 1. The Bertz CT molecular complexity index is 1280. The van der Waals surface area contributed by atoms with Crippen LogP contribution in [0.2, 0.25) is 0 Å². The van der Waals surface area contributed by atoms with Gasteiger partial charge in [0.2, 0.25) is 0 Å². The summed E-state index contributed by atoms with van der Waals surface area (Å²) in [5.41, 5.74) is 5.65. The maximum atomic E-state index is 12.1. The van der Waals surface area contributed by atoms with Crippen LogP contribution in [0.15, 0.2) is 53.7 Å². The van der Waals surface area contributed by atoms with Crippen molar-refractivity contribution in [2.45, 2.75) is 19.9 Å². The van der Waals surface area contributed by atoms with Gasteiger partial charge in [-0.25, -0.2) is 4.98 Å². The van der Waals surface area contributed by atoms with Crippen LogP contribution in [0.4, 0.5) is 5.82 Å². The van der Waals surface area contributed by atoms with Crippen LogP contribution < -0.4 is 10.5 Å². The lowest BCUT2D eigenvalue weighted by Crippen LogP contribution is -2.46. The van der Waals surface area contributed by atoms with Crippen LogP contribution in [-0.2, 0) is 20.0 Å². The number of aromatic amines is 1. The molecule has 32 heavy (non-hydrogen) atoms. The summed E-state index contributed by atoms with van der Waals surface area (Å²) in [5.74, 6) is 1.01. The van der Waals surface area contributed by atoms with E-state index >= 15 is 0 Å². The molecule has 0 radical (unpaired) electrons. The van der Waals surface area contributed by atoms with Crippen molar-refractivity contribution in [1.82, 2.24) is 29.6 Å². The van der Waals surface area contributed by atoms with Crippen molar-refractivity contribution >= 4 is 16.9 Å². The Labute approximate surface area is 186 Å². The molecular weight excluding hydrogens is 402 g/mol. The number of H-pyrrole nitrogens is 1. The van der Waals surface area contributed by atoms with E-state index in [-0.39, 0.29) is 5.56 Å². The number of pyridine rings is 3. The third-order valence-electron chi connectivity index (χ3n) is 6.17. The van der Waals surface area contributed by atoms with Crippen LogP contribution in [0.3, 0.4) is 0 Å². The molecule has 4 aromatic heterocycles. The molecule has 1 saturated heterocycles. The number of anilines is 1. The lowest BCUT2D eigenvalue weighted by molar-refractivity contribution is 0.249. The lowest BCUT2D eigenvalue weighted by Gasteiger charge is -2.35. The molecule has 0 unspecified atom stereocenters. The predicted molar refractivity (Wildman–Crippen MR) is 126 cm³/mol. The van der Waals surface area contributed by atoms with Crippen LogP contribution in [-0.4, -0.2) is 55.8 Å². The number of hydrogen-bond donors (Lipinski definition) is 1. The fourth-order valence-electron chi connectivity index (χ4n) is 4.29. The molecule has 4 aromatic rings. The standard InChI is InChI=1S/C24H27N7O/c1-3-18-13-20-21(28-24(18)32)12-17(14-25-20)16-30-8-10-31(11-9-30)23-5-4-19(15-26-23)22-6-7-27-29(22)2/h4-7,12-15H,3,8-11,16H2,1-2H3,(H,28,32). The Morgan fingerprint density at radius 3 is 2.56 bits per heavy atom. The van der Waals surface area contributed by atoms with Crippen LogP contribution >= 0.6 is 0 Å². The first-order valence-electron chi connectivity index (χ1n) is 11.0. The van der Waals surface area contributed by atoms with E-state index in [0.29, 0.717) is 6.42 Å². The van der Waals surface area contributed by atoms with E-state index in [1.54, 1.807) is 6.20 Å². The van der Waals surface area contributed by atoms with Gasteiger partial charge in [0.05, 0.1) is 16.7 Å². The van der Waals surface area contributed by atoms with Crippen molar-refractivity contribution < 1.29 is 0 Å². The second-order valence-corrected chi connectivity index (χ2v) is 8.26. The van der Waals surface area contributed by atoms with Crippen LogP contribution in [0.25, 0.3) is 22.3 Å². The third-order valence-corrected chi connectivity index (χ3v) is 6.17. The quantitative estimate of drug-likeness (QED) is 0.525. The molecule has 0 spiro atoms. The molecule has 0 aromatic carbocycles. The lowest BCUT2D eigenvalue weighted by atomic mass is 10.1. The highest BCUT2D eigenvalue weighted by Crippen LogP contribution is 2.21. The molecular formula is C24H27N7O. The van der Waals surface area contributed by atoms with Gasteiger partial charge in [-0.3, -0.25) is 19.4 Å². The zero-order valence-corrected chi connectivity index (χ0v) is 18.5. The fraction of sp³-hybridized carbons (Fsp3) is 0.333. The minimum atomic E-state index is -0.0190. The van der Waals surface area contributed by atoms with Crippen molar-refractivity contribution in [1.29, 1.82) is 0 Å². The fourth-order valence-corrected chi connectivity index (χ4v) is 4.29. The Morgan fingerprint density at radius 2 is 1.88 bits per heavy atom. The van der Waals surface area contributed by atoms with Crippen molar-refractivity contribution in [3.8, 4) is 11.3 Å². The highest BCUT2D eigenvalue weighted by Gasteiger charge is 2.19. The largest absolute Gasteiger partial charge is 0.354 e. The van der Waals surface area contributed by atoms with Crippen LogP contribution in [0.5, 0.6) is 0 Å². The van der Waals surface area contributed by atoms with E-state index in [0.717, 1.165) is 72.0 Å². The highest BCUT2D eigenvalue weighted by atomic mass is 16.1. The molecule has 8 heteroatoms. The summed E-state index contributed by atoms with van der Waals surface area (Å²) >= 11 is 0. The van der Waals surface area contributed by atoms with Gasteiger partial charge in [-0.05, 0) is 42.3 Å². The third kappa shape index (κ3) is 4.01. The number of nitrogens with zero attached hydrogens (tertiary/aromatic N) is 6. The van der Waals surface area contributed by atoms with Gasteiger partial charge in [-0.2, -0.15) is 5.10 Å². The summed E-state index contributed by atoms with van der Waals surface area (Å²) in [7, 11) is 1.94. The zero-order chi connectivity index (χ0) is 22.1. The van der Waals surface area contributed by atoms with E-state index in [1.807, 2.05) is 49.2 Å². The summed E-state index contributed by atoms with van der Waals surface area (Å²) in [6.45, 7) is 6.56. The molecule has 1 aliphatic heterocycles.